The van der Waals surface area contributed by atoms with Crippen molar-refractivity contribution in [3.63, 3.8) is 0 Å². The van der Waals surface area contributed by atoms with E-state index < -0.39 is 0 Å². The summed E-state index contributed by atoms with van der Waals surface area (Å²) in [5, 5.41) is 20.6. The highest BCUT2D eigenvalue weighted by Gasteiger charge is 2.27. The summed E-state index contributed by atoms with van der Waals surface area (Å²) < 4.78 is 0. The quantitative estimate of drug-likeness (QED) is 0.483. The van der Waals surface area contributed by atoms with Crippen LogP contribution >= 0.6 is 0 Å². The van der Waals surface area contributed by atoms with E-state index in [1.54, 1.807) is 18.5 Å². The normalized spacial score (nSPS) is 10.9. The summed E-state index contributed by atoms with van der Waals surface area (Å²) in [4.78, 5) is 8.74. The molecule has 0 bridgehead atoms. The summed E-state index contributed by atoms with van der Waals surface area (Å²) in [6, 6.07) is 11.8. The topological polar surface area (TPSA) is 73.4 Å². The molecule has 0 spiro atoms. The van der Waals surface area contributed by atoms with Crippen LogP contribution in [0.3, 0.4) is 0 Å². The van der Waals surface area contributed by atoms with Gasteiger partial charge in [-0.2, -0.15) is 10.5 Å². The molecule has 3 aromatic rings. The van der Waals surface area contributed by atoms with Gasteiger partial charge in [0.25, 0.3) is 0 Å². The molecule has 1 aliphatic rings. The Labute approximate surface area is 114 Å². The predicted octanol–water partition coefficient (Wildman–Crippen LogP) is 3.02. The SMILES string of the molecule is N#Cc1cc2cccc3c2c(c1C#N)-c1nccnc1-3. The van der Waals surface area contributed by atoms with Crippen molar-refractivity contribution >= 4 is 10.8 Å². The molecule has 90 valence electrons. The fraction of sp³-hybridized carbons (Fsp3) is 0. The number of aromatic nitrogens is 2. The van der Waals surface area contributed by atoms with Crippen LogP contribution in [0.15, 0.2) is 36.7 Å². The standard InChI is InChI=1S/C16H6N4/c17-7-10-6-9-2-1-3-11-13(9)14(12(10)8-18)16-15(11)19-4-5-20-16/h1-6H. The highest BCUT2D eigenvalue weighted by molar-refractivity contribution is 6.15. The molecule has 0 amide bonds. The van der Waals surface area contributed by atoms with Gasteiger partial charge in [0.2, 0.25) is 0 Å². The average Bonchev–Trinajstić information content (AvgIpc) is 2.84. The van der Waals surface area contributed by atoms with Crippen molar-refractivity contribution in [3.8, 4) is 34.7 Å². The maximum Gasteiger partial charge on any atom is 0.101 e. The minimum Gasteiger partial charge on any atom is -0.252 e. The molecule has 2 aromatic carbocycles. The van der Waals surface area contributed by atoms with Crippen LogP contribution in [0.25, 0.3) is 33.3 Å². The van der Waals surface area contributed by atoms with E-state index in [4.69, 9.17) is 0 Å². The monoisotopic (exact) mass is 254 g/mol. The molecule has 20 heavy (non-hydrogen) atoms. The highest BCUT2D eigenvalue weighted by Crippen LogP contribution is 2.47. The molecule has 0 saturated carbocycles. The van der Waals surface area contributed by atoms with Crippen LogP contribution in [-0.4, -0.2) is 9.97 Å². The molecule has 4 nitrogen and oxygen atoms in total. The lowest BCUT2D eigenvalue weighted by molar-refractivity contribution is 1.22. The van der Waals surface area contributed by atoms with E-state index in [9.17, 15) is 10.5 Å². The van der Waals surface area contributed by atoms with Gasteiger partial charge in [-0.1, -0.05) is 18.2 Å². The van der Waals surface area contributed by atoms with E-state index >= 15 is 0 Å². The van der Waals surface area contributed by atoms with Gasteiger partial charge < -0.3 is 0 Å². The molecule has 1 aromatic heterocycles. The van der Waals surface area contributed by atoms with Crippen LogP contribution in [0.4, 0.5) is 0 Å². The molecular formula is C16H6N4. The third-order valence-electron chi connectivity index (χ3n) is 3.59. The second kappa shape index (κ2) is 3.63. The minimum atomic E-state index is 0.380. The number of rotatable bonds is 0. The van der Waals surface area contributed by atoms with Crippen molar-refractivity contribution in [2.45, 2.75) is 0 Å². The van der Waals surface area contributed by atoms with E-state index in [0.717, 1.165) is 27.6 Å². The molecule has 4 rings (SSSR count). The lowest BCUT2D eigenvalue weighted by Crippen LogP contribution is -1.91. The third-order valence-corrected chi connectivity index (χ3v) is 3.59. The lowest BCUT2D eigenvalue weighted by Gasteiger charge is -2.05. The molecule has 1 aliphatic carbocycles. The maximum atomic E-state index is 9.42. The van der Waals surface area contributed by atoms with Crippen molar-refractivity contribution < 1.29 is 0 Å². The summed E-state index contributed by atoms with van der Waals surface area (Å²) in [6.07, 6.45) is 3.25. The molecule has 0 unspecified atom stereocenters. The maximum absolute atomic E-state index is 9.42. The van der Waals surface area contributed by atoms with Crippen molar-refractivity contribution in [2.75, 3.05) is 0 Å². The van der Waals surface area contributed by atoms with Gasteiger partial charge >= 0.3 is 0 Å². The Morgan fingerprint density at radius 3 is 2.50 bits per heavy atom. The van der Waals surface area contributed by atoms with Crippen molar-refractivity contribution in [1.82, 2.24) is 9.97 Å². The Morgan fingerprint density at radius 2 is 1.75 bits per heavy atom. The van der Waals surface area contributed by atoms with Crippen molar-refractivity contribution in [2.24, 2.45) is 0 Å². The number of fused-ring (bicyclic) bond motifs is 3. The fourth-order valence-corrected chi connectivity index (χ4v) is 2.81. The predicted molar refractivity (Wildman–Crippen MR) is 73.4 cm³/mol. The Hall–Kier alpha value is -3.24. The van der Waals surface area contributed by atoms with E-state index in [1.165, 1.54) is 0 Å². The van der Waals surface area contributed by atoms with Crippen molar-refractivity contribution in [1.29, 1.82) is 10.5 Å². The molecule has 1 heterocycles. The number of nitrogens with zero attached hydrogens (tertiary/aromatic N) is 4. The number of hydrogen-bond acceptors (Lipinski definition) is 4. The molecule has 4 heteroatoms. The first-order valence-electron chi connectivity index (χ1n) is 6.07. The highest BCUT2D eigenvalue weighted by atomic mass is 14.8. The third kappa shape index (κ3) is 1.13. The van der Waals surface area contributed by atoms with Crippen LogP contribution in [0.5, 0.6) is 0 Å². The smallest absolute Gasteiger partial charge is 0.101 e. The van der Waals surface area contributed by atoms with Gasteiger partial charge in [0.15, 0.2) is 0 Å². The molecular weight excluding hydrogens is 248 g/mol. The summed E-state index contributed by atoms with van der Waals surface area (Å²) >= 11 is 0. The zero-order chi connectivity index (χ0) is 13.7. The molecule has 0 fully saturated rings. The van der Waals surface area contributed by atoms with E-state index in [-0.39, 0.29) is 0 Å². The van der Waals surface area contributed by atoms with E-state index in [1.807, 2.05) is 18.2 Å². The molecule has 0 aliphatic heterocycles. The second-order valence-electron chi connectivity index (χ2n) is 4.55. The number of nitriles is 2. The Bertz CT molecular complexity index is 974. The summed E-state index contributed by atoms with van der Waals surface area (Å²) in [5.74, 6) is 0. The fourth-order valence-electron chi connectivity index (χ4n) is 2.81. The second-order valence-corrected chi connectivity index (χ2v) is 4.55. The lowest BCUT2D eigenvalue weighted by atomic mass is 9.95. The zero-order valence-corrected chi connectivity index (χ0v) is 10.3. The first-order chi connectivity index (χ1) is 9.85. The molecule has 0 radical (unpaired) electrons. The van der Waals surface area contributed by atoms with Crippen LogP contribution in [0, 0.1) is 22.7 Å². The van der Waals surface area contributed by atoms with E-state index in [2.05, 4.69) is 22.1 Å². The largest absolute Gasteiger partial charge is 0.252 e. The summed E-state index contributed by atoms with van der Waals surface area (Å²) in [5.41, 5.74) is 3.94. The van der Waals surface area contributed by atoms with Crippen molar-refractivity contribution in [3.05, 3.63) is 47.8 Å². The Kier molecular flexibility index (Phi) is 1.93. The van der Waals surface area contributed by atoms with Crippen LogP contribution < -0.4 is 0 Å². The Morgan fingerprint density at radius 1 is 0.950 bits per heavy atom. The average molecular weight is 254 g/mol. The number of hydrogen-bond donors (Lipinski definition) is 0. The van der Waals surface area contributed by atoms with Crippen LogP contribution in [0.1, 0.15) is 11.1 Å². The van der Waals surface area contributed by atoms with Crippen LogP contribution in [0.2, 0.25) is 0 Å². The van der Waals surface area contributed by atoms with Gasteiger partial charge in [0.05, 0.1) is 22.5 Å². The van der Waals surface area contributed by atoms with Gasteiger partial charge in [-0.25, -0.2) is 0 Å². The van der Waals surface area contributed by atoms with Gasteiger partial charge in [-0.15, -0.1) is 0 Å². The van der Waals surface area contributed by atoms with Gasteiger partial charge in [-0.05, 0) is 11.5 Å². The van der Waals surface area contributed by atoms with Crippen LogP contribution in [-0.2, 0) is 0 Å². The van der Waals surface area contributed by atoms with Gasteiger partial charge in [-0.3, -0.25) is 9.97 Å². The summed E-state index contributed by atoms with van der Waals surface area (Å²) in [7, 11) is 0. The van der Waals surface area contributed by atoms with E-state index in [0.29, 0.717) is 16.8 Å². The summed E-state index contributed by atoms with van der Waals surface area (Å²) in [6.45, 7) is 0. The minimum absolute atomic E-state index is 0.380. The molecule has 0 atom stereocenters. The van der Waals surface area contributed by atoms with Gasteiger partial charge in [0.1, 0.15) is 12.1 Å². The first-order valence-corrected chi connectivity index (χ1v) is 6.07. The first kappa shape index (κ1) is 10.7. The zero-order valence-electron chi connectivity index (χ0n) is 10.3. The van der Waals surface area contributed by atoms with Gasteiger partial charge in [0, 0.05) is 28.9 Å². The number of benzene rings is 2. The molecule has 0 saturated heterocycles. The molecule has 0 N–H and O–H groups in total. The Balaban J connectivity index is 2.33.